The van der Waals surface area contributed by atoms with Crippen molar-refractivity contribution in [3.8, 4) is 10.4 Å². The monoisotopic (exact) mass is 277 g/mol. The molecular weight excluding hydrogens is 257 g/mol. The maximum Gasteiger partial charge on any atom is 0.126 e. The van der Waals surface area contributed by atoms with Crippen molar-refractivity contribution in [3.05, 3.63) is 46.6 Å². The average Bonchev–Trinajstić information content (AvgIpc) is 2.89. The van der Waals surface area contributed by atoms with Crippen LogP contribution in [0.5, 0.6) is 0 Å². The largest absolute Gasteiger partial charge is 0.309 e. The molecule has 1 unspecified atom stereocenters. The van der Waals surface area contributed by atoms with Crippen LogP contribution in [0.1, 0.15) is 36.8 Å². The first-order valence-corrected chi connectivity index (χ1v) is 7.53. The first-order chi connectivity index (χ1) is 9.11. The summed E-state index contributed by atoms with van der Waals surface area (Å²) in [6, 6.07) is 10.0. The minimum atomic E-state index is -0.135. The number of halogens is 1. The lowest BCUT2D eigenvalue weighted by atomic mass is 10.1. The Balaban J connectivity index is 2.18. The van der Waals surface area contributed by atoms with Crippen molar-refractivity contribution in [3.63, 3.8) is 0 Å². The summed E-state index contributed by atoms with van der Waals surface area (Å²) < 4.78 is 13.6. The molecule has 0 radical (unpaired) electrons. The summed E-state index contributed by atoms with van der Waals surface area (Å²) in [5.74, 6) is -0.135. The molecule has 0 fully saturated rings. The molecule has 102 valence electrons. The number of hydrogen-bond acceptors (Lipinski definition) is 2. The van der Waals surface area contributed by atoms with Gasteiger partial charge >= 0.3 is 0 Å². The van der Waals surface area contributed by atoms with Crippen LogP contribution < -0.4 is 5.32 Å². The molecule has 0 saturated heterocycles. The van der Waals surface area contributed by atoms with Gasteiger partial charge in [-0.25, -0.2) is 4.39 Å². The van der Waals surface area contributed by atoms with E-state index in [0.717, 1.165) is 23.4 Å². The molecule has 1 heterocycles. The van der Waals surface area contributed by atoms with Gasteiger partial charge in [0, 0.05) is 15.8 Å². The number of aryl methyl sites for hydroxylation is 1. The molecule has 1 atom stereocenters. The molecule has 1 aromatic heterocycles. The van der Waals surface area contributed by atoms with Crippen LogP contribution in [0, 0.1) is 12.7 Å². The molecular formula is C16H20FNS. The van der Waals surface area contributed by atoms with Crippen LogP contribution in [0.15, 0.2) is 30.3 Å². The van der Waals surface area contributed by atoms with E-state index in [2.05, 4.69) is 31.3 Å². The van der Waals surface area contributed by atoms with Crippen molar-refractivity contribution in [2.75, 3.05) is 6.54 Å². The minimum Gasteiger partial charge on any atom is -0.309 e. The molecule has 1 nitrogen and oxygen atoms in total. The van der Waals surface area contributed by atoms with Gasteiger partial charge in [-0.05, 0) is 56.1 Å². The highest BCUT2D eigenvalue weighted by Gasteiger charge is 2.09. The molecule has 0 bridgehead atoms. The van der Waals surface area contributed by atoms with Crippen LogP contribution in [0.4, 0.5) is 4.39 Å². The number of benzene rings is 1. The molecule has 3 heteroatoms. The van der Waals surface area contributed by atoms with Gasteiger partial charge in [0.2, 0.25) is 0 Å². The molecule has 0 saturated carbocycles. The fourth-order valence-corrected chi connectivity index (χ4v) is 2.98. The SMILES string of the molecule is CCCNC(C)c1ccc(-c2ccc(C)c(F)c2)s1. The van der Waals surface area contributed by atoms with E-state index in [1.54, 1.807) is 24.3 Å². The third-order valence-electron chi connectivity index (χ3n) is 3.21. The molecule has 19 heavy (non-hydrogen) atoms. The van der Waals surface area contributed by atoms with Crippen LogP contribution in [0.2, 0.25) is 0 Å². The molecule has 1 N–H and O–H groups in total. The predicted octanol–water partition coefficient (Wildman–Crippen LogP) is 4.92. The zero-order chi connectivity index (χ0) is 13.8. The second-order valence-corrected chi connectivity index (χ2v) is 5.96. The molecule has 0 amide bonds. The first kappa shape index (κ1) is 14.2. The number of hydrogen-bond donors (Lipinski definition) is 1. The zero-order valence-electron chi connectivity index (χ0n) is 11.7. The predicted molar refractivity (Wildman–Crippen MR) is 81.2 cm³/mol. The van der Waals surface area contributed by atoms with E-state index in [9.17, 15) is 4.39 Å². The van der Waals surface area contributed by atoms with Gasteiger partial charge < -0.3 is 5.32 Å². The topological polar surface area (TPSA) is 12.0 Å². The lowest BCUT2D eigenvalue weighted by molar-refractivity contribution is 0.578. The molecule has 0 aliphatic carbocycles. The summed E-state index contributed by atoms with van der Waals surface area (Å²) in [6.45, 7) is 7.14. The first-order valence-electron chi connectivity index (χ1n) is 6.71. The highest BCUT2D eigenvalue weighted by molar-refractivity contribution is 7.15. The van der Waals surface area contributed by atoms with Crippen LogP contribution in [0.25, 0.3) is 10.4 Å². The van der Waals surface area contributed by atoms with Crippen molar-refractivity contribution in [2.45, 2.75) is 33.2 Å². The maximum atomic E-state index is 13.6. The van der Waals surface area contributed by atoms with E-state index in [4.69, 9.17) is 0 Å². The molecule has 0 aliphatic heterocycles. The Morgan fingerprint density at radius 1 is 1.26 bits per heavy atom. The Hall–Kier alpha value is -1.19. The van der Waals surface area contributed by atoms with Crippen LogP contribution in [-0.4, -0.2) is 6.54 Å². The van der Waals surface area contributed by atoms with E-state index in [1.807, 2.05) is 12.1 Å². The summed E-state index contributed by atoms with van der Waals surface area (Å²) in [5, 5.41) is 3.47. The highest BCUT2D eigenvalue weighted by Crippen LogP contribution is 2.32. The molecule has 2 rings (SSSR count). The summed E-state index contributed by atoms with van der Waals surface area (Å²) in [5.41, 5.74) is 1.65. The summed E-state index contributed by atoms with van der Waals surface area (Å²) >= 11 is 1.73. The standard InChI is InChI=1S/C16H20FNS/c1-4-9-18-12(3)15-7-8-16(19-15)13-6-5-11(2)14(17)10-13/h5-8,10,12,18H,4,9H2,1-3H3. The van der Waals surface area contributed by atoms with Gasteiger partial charge in [-0.2, -0.15) is 0 Å². The third-order valence-corrected chi connectivity index (χ3v) is 4.53. The number of nitrogens with one attached hydrogen (secondary N) is 1. The van der Waals surface area contributed by atoms with E-state index in [0.29, 0.717) is 11.6 Å². The average molecular weight is 277 g/mol. The van der Waals surface area contributed by atoms with Gasteiger partial charge in [0.15, 0.2) is 0 Å². The Morgan fingerprint density at radius 3 is 2.74 bits per heavy atom. The molecule has 1 aromatic carbocycles. The lowest BCUT2D eigenvalue weighted by Crippen LogP contribution is -2.18. The number of thiophene rings is 1. The van der Waals surface area contributed by atoms with Gasteiger partial charge in [-0.3, -0.25) is 0 Å². The number of rotatable bonds is 5. The summed E-state index contributed by atoms with van der Waals surface area (Å²) in [6.07, 6.45) is 1.13. The fraction of sp³-hybridized carbons (Fsp3) is 0.375. The van der Waals surface area contributed by atoms with Gasteiger partial charge in [-0.1, -0.05) is 19.1 Å². The van der Waals surface area contributed by atoms with Crippen LogP contribution in [0.3, 0.4) is 0 Å². The third kappa shape index (κ3) is 3.43. The van der Waals surface area contributed by atoms with Crippen molar-refractivity contribution >= 4 is 11.3 Å². The smallest absolute Gasteiger partial charge is 0.126 e. The lowest BCUT2D eigenvalue weighted by Gasteiger charge is -2.10. The van der Waals surface area contributed by atoms with Gasteiger partial charge in [0.05, 0.1) is 0 Å². The normalized spacial score (nSPS) is 12.6. The Morgan fingerprint density at radius 2 is 2.05 bits per heavy atom. The summed E-state index contributed by atoms with van der Waals surface area (Å²) in [7, 11) is 0. The van der Waals surface area contributed by atoms with Crippen molar-refractivity contribution in [1.29, 1.82) is 0 Å². The van der Waals surface area contributed by atoms with Gasteiger partial charge in [0.1, 0.15) is 5.82 Å². The second kappa shape index (κ2) is 6.31. The highest BCUT2D eigenvalue weighted by atomic mass is 32.1. The molecule has 2 aromatic rings. The molecule has 0 spiro atoms. The fourth-order valence-electron chi connectivity index (χ4n) is 1.95. The molecule has 0 aliphatic rings. The van der Waals surface area contributed by atoms with Gasteiger partial charge in [0.25, 0.3) is 0 Å². The van der Waals surface area contributed by atoms with Crippen molar-refractivity contribution < 1.29 is 4.39 Å². The van der Waals surface area contributed by atoms with E-state index in [-0.39, 0.29) is 5.82 Å². The second-order valence-electron chi connectivity index (χ2n) is 4.84. The quantitative estimate of drug-likeness (QED) is 0.817. The maximum absolute atomic E-state index is 13.6. The van der Waals surface area contributed by atoms with E-state index < -0.39 is 0 Å². The Bertz CT molecular complexity index is 547. The Labute approximate surface area is 118 Å². The minimum absolute atomic E-state index is 0.135. The van der Waals surface area contributed by atoms with Crippen LogP contribution >= 0.6 is 11.3 Å². The van der Waals surface area contributed by atoms with Crippen molar-refractivity contribution in [1.82, 2.24) is 5.32 Å². The zero-order valence-corrected chi connectivity index (χ0v) is 12.5. The Kier molecular flexibility index (Phi) is 4.72. The van der Waals surface area contributed by atoms with Gasteiger partial charge in [-0.15, -0.1) is 11.3 Å². The van der Waals surface area contributed by atoms with Crippen LogP contribution in [-0.2, 0) is 0 Å². The summed E-state index contributed by atoms with van der Waals surface area (Å²) in [4.78, 5) is 2.42. The van der Waals surface area contributed by atoms with E-state index >= 15 is 0 Å². The van der Waals surface area contributed by atoms with E-state index in [1.165, 1.54) is 4.88 Å². The van der Waals surface area contributed by atoms with Crippen molar-refractivity contribution in [2.24, 2.45) is 0 Å².